The van der Waals surface area contributed by atoms with Crippen molar-refractivity contribution in [3.63, 3.8) is 0 Å². The van der Waals surface area contributed by atoms with Crippen LogP contribution in [0.5, 0.6) is 5.75 Å². The lowest BCUT2D eigenvalue weighted by Gasteiger charge is -2.33. The molecule has 3 N–H and O–H groups in total. The minimum Gasteiger partial charge on any atom is -0.464 e. The summed E-state index contributed by atoms with van der Waals surface area (Å²) in [5.74, 6) is -2.74. The lowest BCUT2D eigenvalue weighted by Crippen LogP contribution is -2.44. The van der Waals surface area contributed by atoms with Gasteiger partial charge >= 0.3 is 25.7 Å². The van der Waals surface area contributed by atoms with Crippen LogP contribution < -0.4 is 15.3 Å². The van der Waals surface area contributed by atoms with Crippen LogP contribution in [-0.2, 0) is 55.3 Å². The first-order valence-electron chi connectivity index (χ1n) is 19.3. The number of esters is 3. The predicted octanol–water partition coefficient (Wildman–Crippen LogP) is 6.42. The number of anilines is 1. The van der Waals surface area contributed by atoms with Crippen molar-refractivity contribution in [2.24, 2.45) is 17.8 Å². The van der Waals surface area contributed by atoms with Gasteiger partial charge in [-0.15, -0.1) is 0 Å². The van der Waals surface area contributed by atoms with Crippen molar-refractivity contribution < 1.29 is 46.9 Å². The molecule has 1 aliphatic rings. The van der Waals surface area contributed by atoms with Crippen LogP contribution in [-0.4, -0.2) is 64.0 Å². The van der Waals surface area contributed by atoms with Gasteiger partial charge in [0.25, 0.3) is 6.26 Å². The second-order valence-corrected chi connectivity index (χ2v) is 16.1. The normalized spacial score (nSPS) is 15.9. The zero-order chi connectivity index (χ0) is 41.0. The summed E-state index contributed by atoms with van der Waals surface area (Å²) in [5.41, 5.74) is 8.59. The van der Waals surface area contributed by atoms with Gasteiger partial charge in [0.2, 0.25) is 0 Å². The zero-order valence-corrected chi connectivity index (χ0v) is 34.2. The zero-order valence-electron chi connectivity index (χ0n) is 33.3. The van der Waals surface area contributed by atoms with Gasteiger partial charge in [-0.1, -0.05) is 73.4 Å². The van der Waals surface area contributed by atoms with Crippen LogP contribution in [0.4, 0.5) is 5.82 Å². The SMILES string of the molecule is CCC(CC)COC(=O)[C@H](CC)NP(=O)(OC[C@@H](OC#N)[C@@H](OC(=O)C(C)C)[C@@H](OC(=O)C(C)C)c1ccc2c(N)ncnn12)Oc1cccc2c1CCCC2. The minimum atomic E-state index is -4.56. The Morgan fingerprint density at radius 3 is 2.30 bits per heavy atom. The summed E-state index contributed by atoms with van der Waals surface area (Å²) in [4.78, 5) is 44.0. The molecule has 4 rings (SSSR count). The maximum atomic E-state index is 15.0. The molecule has 1 unspecified atom stereocenters. The van der Waals surface area contributed by atoms with Gasteiger partial charge in [-0.3, -0.25) is 18.9 Å². The number of nitriles is 1. The van der Waals surface area contributed by atoms with Crippen molar-refractivity contribution in [2.45, 2.75) is 118 Å². The lowest BCUT2D eigenvalue weighted by atomic mass is 9.91. The molecule has 1 aliphatic carbocycles. The van der Waals surface area contributed by atoms with E-state index in [1.807, 2.05) is 19.9 Å². The highest BCUT2D eigenvalue weighted by Gasteiger charge is 2.44. The average molecular weight is 799 g/mol. The summed E-state index contributed by atoms with van der Waals surface area (Å²) in [6.07, 6.45) is 3.41. The number of aromatic nitrogens is 3. The first-order chi connectivity index (χ1) is 26.7. The highest BCUT2D eigenvalue weighted by Crippen LogP contribution is 2.48. The molecule has 2 aromatic heterocycles. The summed E-state index contributed by atoms with van der Waals surface area (Å²) in [7, 11) is -4.56. The Balaban J connectivity index is 1.78. The van der Waals surface area contributed by atoms with Crippen molar-refractivity contribution in [3.8, 4) is 12.0 Å². The molecule has 0 aliphatic heterocycles. The van der Waals surface area contributed by atoms with E-state index in [1.54, 1.807) is 65.1 Å². The van der Waals surface area contributed by atoms with Gasteiger partial charge in [0.15, 0.2) is 24.1 Å². The van der Waals surface area contributed by atoms with E-state index in [4.69, 9.17) is 33.7 Å². The number of aryl methyl sites for hydroxylation is 1. The van der Waals surface area contributed by atoms with Gasteiger partial charge in [-0.2, -0.15) is 15.4 Å². The molecule has 2 heterocycles. The number of fused-ring (bicyclic) bond motifs is 2. The van der Waals surface area contributed by atoms with Crippen LogP contribution in [0.1, 0.15) is 103 Å². The lowest BCUT2D eigenvalue weighted by molar-refractivity contribution is -0.184. The summed E-state index contributed by atoms with van der Waals surface area (Å²) < 4.78 is 51.8. The summed E-state index contributed by atoms with van der Waals surface area (Å²) >= 11 is 0. The Kier molecular flexibility index (Phi) is 16.1. The number of carbonyl (C=O) groups excluding carboxylic acids is 3. The molecule has 17 heteroatoms. The van der Waals surface area contributed by atoms with Crippen molar-refractivity contribution in [3.05, 3.63) is 53.5 Å². The maximum absolute atomic E-state index is 15.0. The molecule has 0 saturated carbocycles. The molecule has 56 heavy (non-hydrogen) atoms. The second kappa shape index (κ2) is 20.5. The molecular formula is C39H55N6O10P. The Bertz CT molecular complexity index is 1890. The number of nitrogen functional groups attached to an aromatic ring is 1. The third kappa shape index (κ3) is 11.2. The summed E-state index contributed by atoms with van der Waals surface area (Å²) in [6.45, 7) is 11.7. The largest absolute Gasteiger partial charge is 0.464 e. The van der Waals surface area contributed by atoms with Gasteiger partial charge in [0.05, 0.1) is 24.1 Å². The van der Waals surface area contributed by atoms with Crippen molar-refractivity contribution in [2.75, 3.05) is 18.9 Å². The molecule has 0 fully saturated rings. The Morgan fingerprint density at radius 2 is 1.64 bits per heavy atom. The smallest absolute Gasteiger partial charge is 0.459 e. The van der Waals surface area contributed by atoms with Gasteiger partial charge in [-0.25, -0.2) is 14.1 Å². The molecule has 0 amide bonds. The van der Waals surface area contributed by atoms with Gasteiger partial charge in [-0.05, 0) is 67.3 Å². The van der Waals surface area contributed by atoms with Gasteiger partial charge in [0.1, 0.15) is 30.2 Å². The van der Waals surface area contributed by atoms with Crippen LogP contribution in [0.25, 0.3) is 5.52 Å². The number of benzene rings is 1. The monoisotopic (exact) mass is 798 g/mol. The minimum absolute atomic E-state index is 0.125. The van der Waals surface area contributed by atoms with E-state index in [0.29, 0.717) is 17.7 Å². The Morgan fingerprint density at radius 1 is 0.946 bits per heavy atom. The number of nitrogens with zero attached hydrogens (tertiary/aromatic N) is 4. The van der Waals surface area contributed by atoms with Crippen molar-refractivity contribution in [1.29, 1.82) is 5.26 Å². The number of carbonyl (C=O) groups is 3. The first-order valence-corrected chi connectivity index (χ1v) is 20.8. The number of nitrogens with one attached hydrogen (secondary N) is 1. The van der Waals surface area contributed by atoms with Crippen molar-refractivity contribution >= 4 is 37.0 Å². The van der Waals surface area contributed by atoms with Crippen LogP contribution in [0.15, 0.2) is 36.7 Å². The maximum Gasteiger partial charge on any atom is 0.459 e. The van der Waals surface area contributed by atoms with E-state index in [9.17, 15) is 19.6 Å². The highest BCUT2D eigenvalue weighted by atomic mass is 31.2. The van der Waals surface area contributed by atoms with E-state index in [-0.39, 0.29) is 30.5 Å². The molecule has 5 atom stereocenters. The van der Waals surface area contributed by atoms with Crippen LogP contribution in [0.2, 0.25) is 0 Å². The van der Waals surface area contributed by atoms with Crippen LogP contribution in [0, 0.1) is 29.3 Å². The van der Waals surface area contributed by atoms with Crippen molar-refractivity contribution in [1.82, 2.24) is 19.7 Å². The Labute approximate surface area is 328 Å². The van der Waals surface area contributed by atoms with Crippen LogP contribution >= 0.6 is 7.75 Å². The standard InChI is InChI=1S/C39H55N6O10P/c1-8-26(9-2)20-50-39(48)29(10-3)44-56(49,55-32-17-13-15-27-14-11-12-16-28(27)32)52-21-33(51-22-40)35(54-38(47)25(6)7)34(53-37(46)24(4)5)30-18-19-31-36(41)42-23-43-45(30)31/h13,15,17-19,23-26,29,33-35H,8-12,14,16,20-21H2,1-7H3,(H,44,49)(H2,41,42,43)/t29-,33+,34-,35+,56?/m0/s1. The Hall–Kier alpha value is -4.71. The highest BCUT2D eigenvalue weighted by molar-refractivity contribution is 7.52. The van der Waals surface area contributed by atoms with E-state index in [2.05, 4.69) is 15.2 Å². The topological polar surface area (TPSA) is 216 Å². The van der Waals surface area contributed by atoms with Crippen LogP contribution in [0.3, 0.4) is 0 Å². The number of nitrogens with two attached hydrogens (primary N) is 1. The number of hydrogen-bond donors (Lipinski definition) is 2. The fourth-order valence-electron chi connectivity index (χ4n) is 6.16. The molecule has 0 spiro atoms. The fourth-order valence-corrected chi connectivity index (χ4v) is 7.78. The molecular weight excluding hydrogens is 743 g/mol. The second-order valence-electron chi connectivity index (χ2n) is 14.4. The average Bonchev–Trinajstić information content (AvgIpc) is 3.62. The van der Waals surface area contributed by atoms with Gasteiger partial charge in [0, 0.05) is 0 Å². The number of ether oxygens (including phenoxy) is 4. The summed E-state index contributed by atoms with van der Waals surface area (Å²) in [6, 6.07) is 7.50. The first kappa shape index (κ1) is 44.0. The molecule has 306 valence electrons. The van der Waals surface area contributed by atoms with E-state index in [0.717, 1.165) is 43.2 Å². The van der Waals surface area contributed by atoms with Gasteiger partial charge < -0.3 is 29.2 Å². The van der Waals surface area contributed by atoms with E-state index >= 15 is 4.57 Å². The van der Waals surface area contributed by atoms with E-state index in [1.165, 1.54) is 10.8 Å². The number of rotatable bonds is 21. The molecule has 0 radical (unpaired) electrons. The molecule has 3 aromatic rings. The molecule has 1 aromatic carbocycles. The predicted molar refractivity (Wildman–Crippen MR) is 206 cm³/mol. The summed E-state index contributed by atoms with van der Waals surface area (Å²) in [5, 5.41) is 17.0. The fraction of sp³-hybridized carbons (Fsp3) is 0.590. The molecule has 0 bridgehead atoms. The third-order valence-electron chi connectivity index (χ3n) is 9.71. The van der Waals surface area contributed by atoms with E-state index < -0.39 is 68.5 Å². The third-order valence-corrected chi connectivity index (χ3v) is 11.3. The molecule has 16 nitrogen and oxygen atoms in total. The number of hydrogen-bond acceptors (Lipinski definition) is 14. The molecule has 0 saturated heterocycles. The quantitative estimate of drug-likeness (QED) is 0.0515.